The van der Waals surface area contributed by atoms with Crippen molar-refractivity contribution in [1.29, 1.82) is 0 Å². The van der Waals surface area contributed by atoms with Crippen LogP contribution >= 0.6 is 11.3 Å². The number of nitrogens with two attached hydrogens (primary N) is 1. The first-order valence-corrected chi connectivity index (χ1v) is 8.81. The van der Waals surface area contributed by atoms with Gasteiger partial charge in [-0.05, 0) is 33.6 Å². The number of rotatable bonds is 3. The number of nitrogens with one attached hydrogen (secondary N) is 1. The SMILES string of the molecule is CC(C)(C)OC(=O)N1CCCC(Nc2nc(N)c(C(=O)C(F)(F)F)s2)C1. The molecule has 2 rings (SSSR count). The first-order chi connectivity index (χ1) is 11.9. The van der Waals surface area contributed by atoms with E-state index in [1.54, 1.807) is 20.8 Å². The molecule has 146 valence electrons. The van der Waals surface area contributed by atoms with E-state index in [9.17, 15) is 22.8 Å². The van der Waals surface area contributed by atoms with Crippen LogP contribution in [0.25, 0.3) is 0 Å². The Morgan fingerprint density at radius 3 is 2.58 bits per heavy atom. The molecule has 7 nitrogen and oxygen atoms in total. The minimum atomic E-state index is -5.00. The fourth-order valence-corrected chi connectivity index (χ4v) is 3.37. The molecule has 0 saturated carbocycles. The Hall–Kier alpha value is -2.04. The van der Waals surface area contributed by atoms with Gasteiger partial charge in [-0.2, -0.15) is 13.2 Å². The third kappa shape index (κ3) is 5.23. The highest BCUT2D eigenvalue weighted by Gasteiger charge is 2.42. The molecule has 0 aromatic carbocycles. The van der Waals surface area contributed by atoms with Crippen LogP contribution in [0.15, 0.2) is 0 Å². The van der Waals surface area contributed by atoms with Crippen LogP contribution in [0.5, 0.6) is 0 Å². The summed E-state index contributed by atoms with van der Waals surface area (Å²) in [6.45, 7) is 6.15. The van der Waals surface area contributed by atoms with Crippen molar-refractivity contribution in [2.75, 3.05) is 24.1 Å². The minimum absolute atomic E-state index is 0.117. The summed E-state index contributed by atoms with van der Waals surface area (Å²) < 4.78 is 43.0. The second kappa shape index (κ2) is 7.29. The van der Waals surface area contributed by atoms with Crippen molar-refractivity contribution < 1.29 is 27.5 Å². The van der Waals surface area contributed by atoms with Gasteiger partial charge in [-0.25, -0.2) is 9.78 Å². The van der Waals surface area contributed by atoms with Crippen LogP contribution in [-0.4, -0.2) is 52.7 Å². The Morgan fingerprint density at radius 1 is 1.35 bits per heavy atom. The Morgan fingerprint density at radius 2 is 2.00 bits per heavy atom. The lowest BCUT2D eigenvalue weighted by Gasteiger charge is -2.34. The number of carbonyl (C=O) groups is 2. The van der Waals surface area contributed by atoms with E-state index in [1.165, 1.54) is 4.90 Å². The monoisotopic (exact) mass is 394 g/mol. The summed E-state index contributed by atoms with van der Waals surface area (Å²) in [7, 11) is 0. The van der Waals surface area contributed by atoms with E-state index >= 15 is 0 Å². The van der Waals surface area contributed by atoms with E-state index in [2.05, 4.69) is 10.3 Å². The molecule has 0 spiro atoms. The number of nitrogens with zero attached hydrogens (tertiary/aromatic N) is 2. The smallest absolute Gasteiger partial charge is 0.444 e. The number of ketones is 1. The van der Waals surface area contributed by atoms with Gasteiger partial charge in [0.15, 0.2) is 5.13 Å². The van der Waals surface area contributed by atoms with Crippen LogP contribution in [0.1, 0.15) is 43.3 Å². The number of hydrogen-bond donors (Lipinski definition) is 2. The summed E-state index contributed by atoms with van der Waals surface area (Å²) in [6.07, 6.45) is -4.06. The molecule has 1 aliphatic rings. The van der Waals surface area contributed by atoms with E-state index in [0.717, 1.165) is 0 Å². The molecule has 1 aliphatic heterocycles. The van der Waals surface area contributed by atoms with Crippen LogP contribution in [0, 0.1) is 0 Å². The number of aromatic nitrogens is 1. The average Bonchev–Trinajstić information content (AvgIpc) is 2.84. The van der Waals surface area contributed by atoms with Crippen LogP contribution in [0.2, 0.25) is 0 Å². The van der Waals surface area contributed by atoms with Gasteiger partial charge < -0.3 is 20.7 Å². The zero-order valence-corrected chi connectivity index (χ0v) is 15.5. The molecule has 0 bridgehead atoms. The summed E-state index contributed by atoms with van der Waals surface area (Å²) in [5, 5.41) is 3.07. The number of likely N-dealkylation sites (tertiary alicyclic amines) is 1. The number of halogens is 3. The van der Waals surface area contributed by atoms with Gasteiger partial charge in [0, 0.05) is 19.1 Å². The Balaban J connectivity index is 2.03. The standard InChI is InChI=1S/C15H21F3N4O3S/c1-14(2,3)25-13(24)22-6-4-5-8(7-22)20-12-21-11(19)9(26-12)10(23)15(16,17)18/h8H,4-7,19H2,1-3H3,(H,20,21). The van der Waals surface area contributed by atoms with Crippen LogP contribution < -0.4 is 11.1 Å². The number of carbonyl (C=O) groups excluding carboxylic acids is 2. The number of alkyl halides is 3. The molecule has 3 N–H and O–H groups in total. The fraction of sp³-hybridized carbons (Fsp3) is 0.667. The molecule has 0 aliphatic carbocycles. The summed E-state index contributed by atoms with van der Waals surface area (Å²) in [5.41, 5.74) is 4.83. The number of nitrogen functional groups attached to an aromatic ring is 1. The lowest BCUT2D eigenvalue weighted by atomic mass is 10.1. The number of piperidine rings is 1. The quantitative estimate of drug-likeness (QED) is 0.764. The van der Waals surface area contributed by atoms with Crippen molar-refractivity contribution in [3.05, 3.63) is 4.88 Å². The van der Waals surface area contributed by atoms with E-state index in [-0.39, 0.29) is 11.2 Å². The first kappa shape index (κ1) is 20.3. The van der Waals surface area contributed by atoms with Crippen molar-refractivity contribution in [2.45, 2.75) is 51.4 Å². The van der Waals surface area contributed by atoms with Crippen LogP contribution in [-0.2, 0) is 4.74 Å². The average molecular weight is 394 g/mol. The first-order valence-electron chi connectivity index (χ1n) is 7.99. The van der Waals surface area contributed by atoms with Crippen molar-refractivity contribution in [2.24, 2.45) is 0 Å². The Labute approximate surface area is 152 Å². The topological polar surface area (TPSA) is 97.6 Å². The molecule has 1 aromatic rings. The van der Waals surface area contributed by atoms with Gasteiger partial charge in [0.1, 0.15) is 16.3 Å². The molecular formula is C15H21F3N4O3S. The number of amides is 1. The lowest BCUT2D eigenvalue weighted by molar-refractivity contribution is -0.0882. The van der Waals surface area contributed by atoms with E-state index in [0.29, 0.717) is 37.3 Å². The zero-order chi connectivity index (χ0) is 19.7. The molecule has 2 heterocycles. The second-order valence-corrected chi connectivity index (χ2v) is 7.97. The third-order valence-electron chi connectivity index (χ3n) is 3.52. The summed E-state index contributed by atoms with van der Waals surface area (Å²) >= 11 is 0.556. The minimum Gasteiger partial charge on any atom is -0.444 e. The van der Waals surface area contributed by atoms with Crippen molar-refractivity contribution in [3.63, 3.8) is 0 Å². The molecule has 1 amide bonds. The largest absolute Gasteiger partial charge is 0.455 e. The van der Waals surface area contributed by atoms with Gasteiger partial charge in [-0.1, -0.05) is 11.3 Å². The van der Waals surface area contributed by atoms with Gasteiger partial charge >= 0.3 is 12.3 Å². The zero-order valence-electron chi connectivity index (χ0n) is 14.6. The molecule has 0 radical (unpaired) electrons. The molecule has 11 heteroatoms. The molecular weight excluding hydrogens is 373 g/mol. The summed E-state index contributed by atoms with van der Waals surface area (Å²) in [6, 6.07) is -0.226. The highest BCUT2D eigenvalue weighted by Crippen LogP contribution is 2.32. The van der Waals surface area contributed by atoms with Gasteiger partial charge in [0.25, 0.3) is 5.78 Å². The third-order valence-corrected chi connectivity index (χ3v) is 4.52. The summed E-state index contributed by atoms with van der Waals surface area (Å²) in [4.78, 5) is 28.2. The predicted octanol–water partition coefficient (Wildman–Crippen LogP) is 3.28. The molecule has 1 aromatic heterocycles. The van der Waals surface area contributed by atoms with Crippen molar-refractivity contribution >= 4 is 34.2 Å². The highest BCUT2D eigenvalue weighted by atomic mass is 32.1. The number of hydrogen-bond acceptors (Lipinski definition) is 7. The lowest BCUT2D eigenvalue weighted by Crippen LogP contribution is -2.46. The van der Waals surface area contributed by atoms with Gasteiger partial charge in [-0.3, -0.25) is 4.79 Å². The highest BCUT2D eigenvalue weighted by molar-refractivity contribution is 7.18. The van der Waals surface area contributed by atoms with Gasteiger partial charge in [0.2, 0.25) is 0 Å². The second-order valence-electron chi connectivity index (χ2n) is 6.97. The fourth-order valence-electron chi connectivity index (χ4n) is 2.45. The van der Waals surface area contributed by atoms with Crippen molar-refractivity contribution in [1.82, 2.24) is 9.88 Å². The molecule has 1 fully saturated rings. The number of Topliss-reactive ketones (excluding diaryl/α,β-unsaturated/α-hetero) is 1. The normalized spacial score (nSPS) is 18.5. The number of anilines is 2. The maximum atomic E-state index is 12.6. The predicted molar refractivity (Wildman–Crippen MR) is 91.4 cm³/mol. The molecule has 1 saturated heterocycles. The molecule has 1 unspecified atom stereocenters. The van der Waals surface area contributed by atoms with E-state index in [4.69, 9.17) is 10.5 Å². The maximum absolute atomic E-state index is 12.6. The van der Waals surface area contributed by atoms with Crippen molar-refractivity contribution in [3.8, 4) is 0 Å². The Kier molecular flexibility index (Phi) is 5.69. The van der Waals surface area contributed by atoms with E-state index in [1.807, 2.05) is 0 Å². The molecule has 26 heavy (non-hydrogen) atoms. The maximum Gasteiger partial charge on any atom is 0.455 e. The van der Waals surface area contributed by atoms with E-state index < -0.39 is 34.3 Å². The summed E-state index contributed by atoms with van der Waals surface area (Å²) in [5.74, 6) is -2.47. The van der Waals surface area contributed by atoms with Gasteiger partial charge in [0.05, 0.1) is 0 Å². The van der Waals surface area contributed by atoms with Crippen LogP contribution in [0.3, 0.4) is 0 Å². The number of thiazole rings is 1. The van der Waals surface area contributed by atoms with Crippen LogP contribution in [0.4, 0.5) is 28.9 Å². The molecule has 1 atom stereocenters. The van der Waals surface area contributed by atoms with Gasteiger partial charge in [-0.15, -0.1) is 0 Å². The Bertz CT molecular complexity index is 685. The number of ether oxygens (including phenoxy) is 1.